The second-order valence-corrected chi connectivity index (χ2v) is 10.4. The standard InChI is InChI=1S/C15H15ClN4O3.C12H21NO4/c1-8(13(18)21)20-6-2-3-12(15(20)23)19-14(22)9-4-5-11(17)10(16)7-9;1-5-16-10(14)9-7-6-8-13(9)11(15)17-12(2,3)4/h2-8H,17H2,1H3,(H2,18,21)(H,19,22);9H,5-8H2,1-4H3. The summed E-state index contributed by atoms with van der Waals surface area (Å²) in [6.07, 6.45) is 2.45. The van der Waals surface area contributed by atoms with Gasteiger partial charge in [-0.05, 0) is 77.8 Å². The fourth-order valence-corrected chi connectivity index (χ4v) is 3.88. The zero-order valence-electron chi connectivity index (χ0n) is 23.2. The van der Waals surface area contributed by atoms with E-state index in [4.69, 9.17) is 32.5 Å². The first-order valence-corrected chi connectivity index (χ1v) is 13.1. The average molecular weight is 578 g/mol. The minimum Gasteiger partial charge on any atom is -0.464 e. The number of halogens is 1. The third-order valence-corrected chi connectivity index (χ3v) is 6.08. The van der Waals surface area contributed by atoms with Gasteiger partial charge in [-0.3, -0.25) is 19.3 Å². The van der Waals surface area contributed by atoms with Gasteiger partial charge in [-0.25, -0.2) is 9.59 Å². The number of likely N-dealkylation sites (tertiary alicyclic amines) is 1. The van der Waals surface area contributed by atoms with E-state index in [0.29, 0.717) is 25.3 Å². The van der Waals surface area contributed by atoms with E-state index in [0.717, 1.165) is 11.0 Å². The number of primary amides is 1. The summed E-state index contributed by atoms with van der Waals surface area (Å²) in [6.45, 7) is 9.55. The van der Waals surface area contributed by atoms with E-state index in [1.54, 1.807) is 27.7 Å². The Bertz CT molecular complexity index is 1300. The predicted molar refractivity (Wildman–Crippen MR) is 151 cm³/mol. The normalized spacial score (nSPS) is 15.3. The molecule has 2 atom stereocenters. The number of rotatable bonds is 6. The summed E-state index contributed by atoms with van der Waals surface area (Å²) in [4.78, 5) is 60.7. The lowest BCUT2D eigenvalue weighted by Gasteiger charge is -2.27. The number of aromatic nitrogens is 1. The number of hydrogen-bond donors (Lipinski definition) is 3. The van der Waals surface area contributed by atoms with Crippen molar-refractivity contribution in [3.63, 3.8) is 0 Å². The van der Waals surface area contributed by atoms with Crippen LogP contribution in [-0.4, -0.2) is 58.1 Å². The number of nitrogens with zero attached hydrogens (tertiary/aromatic N) is 2. The zero-order chi connectivity index (χ0) is 30.2. The molecule has 0 radical (unpaired) electrons. The van der Waals surface area contributed by atoms with Crippen molar-refractivity contribution in [2.24, 2.45) is 5.73 Å². The molecule has 5 N–H and O–H groups in total. The third kappa shape index (κ3) is 8.73. The number of carbonyl (C=O) groups is 4. The van der Waals surface area contributed by atoms with E-state index < -0.39 is 41.2 Å². The van der Waals surface area contributed by atoms with Crippen LogP contribution in [0.3, 0.4) is 0 Å². The maximum absolute atomic E-state index is 12.3. The van der Waals surface area contributed by atoms with Gasteiger partial charge in [0.1, 0.15) is 23.4 Å². The zero-order valence-corrected chi connectivity index (χ0v) is 24.0. The number of ether oxygens (including phenoxy) is 2. The van der Waals surface area contributed by atoms with Crippen molar-refractivity contribution in [2.45, 2.75) is 65.1 Å². The number of pyridine rings is 1. The largest absolute Gasteiger partial charge is 0.464 e. The molecule has 0 aliphatic carbocycles. The van der Waals surface area contributed by atoms with Gasteiger partial charge in [0.25, 0.3) is 11.5 Å². The van der Waals surface area contributed by atoms with Crippen molar-refractivity contribution in [1.82, 2.24) is 9.47 Å². The molecule has 40 heavy (non-hydrogen) atoms. The van der Waals surface area contributed by atoms with Gasteiger partial charge in [-0.1, -0.05) is 11.6 Å². The van der Waals surface area contributed by atoms with Crippen molar-refractivity contribution in [1.29, 1.82) is 0 Å². The van der Waals surface area contributed by atoms with Crippen molar-refractivity contribution in [3.8, 4) is 0 Å². The predicted octanol–water partition coefficient (Wildman–Crippen LogP) is 3.33. The summed E-state index contributed by atoms with van der Waals surface area (Å²) in [5.41, 5.74) is 10.3. The second kappa shape index (κ2) is 13.8. The van der Waals surface area contributed by atoms with Crippen molar-refractivity contribution >= 4 is 46.9 Å². The Morgan fingerprint density at radius 3 is 2.45 bits per heavy atom. The molecule has 3 amide bonds. The highest BCUT2D eigenvalue weighted by atomic mass is 35.5. The lowest BCUT2D eigenvalue weighted by atomic mass is 10.2. The Balaban J connectivity index is 0.000000294. The lowest BCUT2D eigenvalue weighted by Crippen LogP contribution is -2.44. The summed E-state index contributed by atoms with van der Waals surface area (Å²) in [6, 6.07) is 6.05. The van der Waals surface area contributed by atoms with Crippen LogP contribution in [0.5, 0.6) is 0 Å². The molecule has 1 saturated heterocycles. The molecule has 2 heterocycles. The summed E-state index contributed by atoms with van der Waals surface area (Å²) < 4.78 is 11.4. The van der Waals surface area contributed by atoms with Crippen LogP contribution in [-0.2, 0) is 19.1 Å². The number of benzene rings is 1. The third-order valence-electron chi connectivity index (χ3n) is 5.75. The van der Waals surface area contributed by atoms with Crippen molar-refractivity contribution in [2.75, 3.05) is 24.2 Å². The number of nitrogen functional groups attached to an aromatic ring is 1. The molecular weight excluding hydrogens is 542 g/mol. The first-order chi connectivity index (χ1) is 18.7. The Morgan fingerprint density at radius 2 is 1.88 bits per heavy atom. The van der Waals surface area contributed by atoms with Crippen LogP contribution >= 0.6 is 11.6 Å². The number of anilines is 2. The molecule has 0 spiro atoms. The van der Waals surface area contributed by atoms with Crippen molar-refractivity contribution < 1.29 is 28.7 Å². The van der Waals surface area contributed by atoms with E-state index in [1.165, 1.54) is 48.4 Å². The quantitative estimate of drug-likeness (QED) is 0.346. The average Bonchev–Trinajstić information content (AvgIpc) is 3.36. The highest BCUT2D eigenvalue weighted by Gasteiger charge is 2.37. The van der Waals surface area contributed by atoms with Crippen LogP contribution in [0, 0.1) is 0 Å². The highest BCUT2D eigenvalue weighted by molar-refractivity contribution is 6.33. The van der Waals surface area contributed by atoms with Gasteiger partial charge in [0, 0.05) is 18.3 Å². The van der Waals surface area contributed by atoms with E-state index in [1.807, 2.05) is 0 Å². The molecule has 218 valence electrons. The Kier molecular flexibility index (Phi) is 11.1. The number of hydrogen-bond acceptors (Lipinski definition) is 8. The van der Waals surface area contributed by atoms with Crippen molar-refractivity contribution in [3.05, 3.63) is 57.5 Å². The molecule has 3 rings (SSSR count). The fourth-order valence-electron chi connectivity index (χ4n) is 3.70. The number of nitrogens with two attached hydrogens (primary N) is 2. The van der Waals surface area contributed by atoms with Crippen LogP contribution < -0.4 is 22.3 Å². The fraction of sp³-hybridized carbons (Fsp3) is 0.444. The number of carbonyl (C=O) groups excluding carboxylic acids is 4. The second-order valence-electron chi connectivity index (χ2n) is 9.99. The van der Waals surface area contributed by atoms with Crippen LogP contribution in [0.2, 0.25) is 5.02 Å². The highest BCUT2D eigenvalue weighted by Crippen LogP contribution is 2.22. The Morgan fingerprint density at radius 1 is 1.20 bits per heavy atom. The van der Waals surface area contributed by atoms with Gasteiger partial charge in [0.2, 0.25) is 5.91 Å². The first kappa shape index (κ1) is 32.2. The minimum atomic E-state index is -0.828. The van der Waals surface area contributed by atoms with Gasteiger partial charge in [0.05, 0.1) is 17.3 Å². The molecule has 1 aromatic carbocycles. The molecule has 1 aliphatic rings. The SMILES string of the molecule is CC(C(N)=O)n1cccc(NC(=O)c2ccc(N)c(Cl)c2)c1=O.CCOC(=O)C1CCCN1C(=O)OC(C)(C)C. The first-order valence-electron chi connectivity index (χ1n) is 12.7. The van der Waals surface area contributed by atoms with E-state index in [2.05, 4.69) is 5.32 Å². The molecule has 1 aromatic heterocycles. The van der Waals surface area contributed by atoms with Crippen LogP contribution in [0.4, 0.5) is 16.2 Å². The van der Waals surface area contributed by atoms with Gasteiger partial charge in [-0.2, -0.15) is 0 Å². The molecule has 0 saturated carbocycles. The maximum atomic E-state index is 12.3. The molecule has 13 heteroatoms. The molecule has 2 aromatic rings. The summed E-state index contributed by atoms with van der Waals surface area (Å²) >= 11 is 5.87. The number of esters is 1. The van der Waals surface area contributed by atoms with Gasteiger partial charge < -0.3 is 30.8 Å². The van der Waals surface area contributed by atoms with Crippen LogP contribution in [0.25, 0.3) is 0 Å². The number of amides is 3. The number of nitrogens with one attached hydrogen (secondary N) is 1. The van der Waals surface area contributed by atoms with E-state index >= 15 is 0 Å². The van der Waals surface area contributed by atoms with Gasteiger partial charge in [-0.15, -0.1) is 0 Å². The molecular formula is C27H36ClN5O7. The molecule has 1 aliphatic heterocycles. The lowest BCUT2D eigenvalue weighted by molar-refractivity contribution is -0.148. The van der Waals surface area contributed by atoms with Gasteiger partial charge >= 0.3 is 12.1 Å². The topological polar surface area (TPSA) is 176 Å². The van der Waals surface area contributed by atoms with Gasteiger partial charge in [0.15, 0.2) is 0 Å². The van der Waals surface area contributed by atoms with Crippen LogP contribution in [0.1, 0.15) is 63.9 Å². The minimum absolute atomic E-state index is 0.0264. The summed E-state index contributed by atoms with van der Waals surface area (Å²) in [7, 11) is 0. The van der Waals surface area contributed by atoms with E-state index in [-0.39, 0.29) is 22.2 Å². The Hall–Kier alpha value is -4.06. The van der Waals surface area contributed by atoms with E-state index in [9.17, 15) is 24.0 Å². The summed E-state index contributed by atoms with van der Waals surface area (Å²) in [5, 5.41) is 2.72. The smallest absolute Gasteiger partial charge is 0.411 e. The molecule has 0 bridgehead atoms. The monoisotopic (exact) mass is 577 g/mol. The molecule has 12 nitrogen and oxygen atoms in total. The Labute approximate surface area is 237 Å². The maximum Gasteiger partial charge on any atom is 0.411 e. The van der Waals surface area contributed by atoms with Crippen LogP contribution in [0.15, 0.2) is 41.3 Å². The summed E-state index contributed by atoms with van der Waals surface area (Å²) in [5.74, 6) is -1.51. The molecule has 1 fully saturated rings. The molecule has 2 unspecified atom stereocenters.